The fourth-order valence-electron chi connectivity index (χ4n) is 2.76. The quantitative estimate of drug-likeness (QED) is 0.740. The van der Waals surface area contributed by atoms with Crippen molar-refractivity contribution in [2.24, 2.45) is 0 Å². The number of benzene rings is 1. The lowest BCUT2D eigenvalue weighted by atomic mass is 9.96. The Morgan fingerprint density at radius 1 is 1.12 bits per heavy atom. The van der Waals surface area contributed by atoms with Gasteiger partial charge in [0.25, 0.3) is 10.0 Å². The van der Waals surface area contributed by atoms with Gasteiger partial charge in [-0.15, -0.1) is 11.3 Å². The van der Waals surface area contributed by atoms with Crippen LogP contribution in [0.4, 0.5) is 15.6 Å². The van der Waals surface area contributed by atoms with Crippen LogP contribution in [0, 0.1) is 0 Å². The van der Waals surface area contributed by atoms with Gasteiger partial charge in [-0.3, -0.25) is 4.72 Å². The van der Waals surface area contributed by atoms with Gasteiger partial charge in [-0.25, -0.2) is 18.2 Å². The average molecular weight is 380 g/mol. The summed E-state index contributed by atoms with van der Waals surface area (Å²) >= 11 is 1.21. The van der Waals surface area contributed by atoms with Gasteiger partial charge >= 0.3 is 6.03 Å². The maximum Gasteiger partial charge on any atom is 0.319 e. The maximum absolute atomic E-state index is 12.3. The standard InChI is InChI=1S/C16H20N4O3S2/c21-15(18-12-4-2-1-3-5-12)19-13-6-8-14(9-7-13)25(22,23)20-16-17-10-11-24-16/h6-12H,1-5H2,(H,17,20)(H2,18,19,21). The second kappa shape index (κ2) is 7.83. The first kappa shape index (κ1) is 17.7. The molecule has 0 atom stereocenters. The summed E-state index contributed by atoms with van der Waals surface area (Å²) in [5.41, 5.74) is 0.543. The number of nitrogens with zero attached hydrogens (tertiary/aromatic N) is 1. The number of carbonyl (C=O) groups is 1. The lowest BCUT2D eigenvalue weighted by molar-refractivity contribution is 0.244. The number of hydrogen-bond donors (Lipinski definition) is 3. The van der Waals surface area contributed by atoms with Crippen LogP contribution in [-0.4, -0.2) is 25.5 Å². The molecule has 1 saturated carbocycles. The van der Waals surface area contributed by atoms with Gasteiger partial charge in [-0.1, -0.05) is 19.3 Å². The molecule has 9 heteroatoms. The summed E-state index contributed by atoms with van der Waals surface area (Å²) in [5.74, 6) is 0. The second-order valence-corrected chi connectivity index (χ2v) is 8.48. The number of amides is 2. The predicted octanol–water partition coefficient (Wildman–Crippen LogP) is 3.40. The second-order valence-electron chi connectivity index (χ2n) is 5.90. The number of sulfonamides is 1. The highest BCUT2D eigenvalue weighted by Crippen LogP contribution is 2.20. The molecule has 1 heterocycles. The third-order valence-corrected chi connectivity index (χ3v) is 6.19. The molecule has 0 radical (unpaired) electrons. The highest BCUT2D eigenvalue weighted by molar-refractivity contribution is 7.93. The van der Waals surface area contributed by atoms with Crippen molar-refractivity contribution in [3.63, 3.8) is 0 Å². The minimum Gasteiger partial charge on any atom is -0.335 e. The van der Waals surface area contributed by atoms with Crippen molar-refractivity contribution < 1.29 is 13.2 Å². The first-order valence-corrected chi connectivity index (χ1v) is 10.5. The zero-order valence-electron chi connectivity index (χ0n) is 13.6. The lowest BCUT2D eigenvalue weighted by Gasteiger charge is -2.22. The van der Waals surface area contributed by atoms with E-state index >= 15 is 0 Å². The number of urea groups is 1. The van der Waals surface area contributed by atoms with Crippen molar-refractivity contribution >= 4 is 38.2 Å². The Kier molecular flexibility index (Phi) is 5.54. The molecule has 0 spiro atoms. The Morgan fingerprint density at radius 3 is 2.48 bits per heavy atom. The maximum atomic E-state index is 12.3. The SMILES string of the molecule is O=C(Nc1ccc(S(=O)(=O)Nc2nccs2)cc1)NC1CCCCC1. The van der Waals surface area contributed by atoms with Crippen molar-refractivity contribution in [1.82, 2.24) is 10.3 Å². The minimum atomic E-state index is -3.68. The first-order chi connectivity index (χ1) is 12.0. The van der Waals surface area contributed by atoms with E-state index < -0.39 is 10.0 Å². The molecule has 0 bridgehead atoms. The smallest absolute Gasteiger partial charge is 0.319 e. The molecule has 1 aromatic heterocycles. The van der Waals surface area contributed by atoms with E-state index in [4.69, 9.17) is 0 Å². The van der Waals surface area contributed by atoms with Crippen LogP contribution in [0.1, 0.15) is 32.1 Å². The van der Waals surface area contributed by atoms with Gasteiger partial charge in [0.1, 0.15) is 0 Å². The summed E-state index contributed by atoms with van der Waals surface area (Å²) in [6.07, 6.45) is 7.05. The molecule has 0 aliphatic heterocycles. The normalized spacial score (nSPS) is 15.5. The van der Waals surface area contributed by atoms with Crippen LogP contribution < -0.4 is 15.4 Å². The van der Waals surface area contributed by atoms with Gasteiger partial charge in [-0.05, 0) is 37.1 Å². The van der Waals surface area contributed by atoms with Crippen LogP contribution >= 0.6 is 11.3 Å². The number of rotatable bonds is 5. The average Bonchev–Trinajstić information content (AvgIpc) is 3.08. The van der Waals surface area contributed by atoms with Crippen molar-refractivity contribution in [2.45, 2.75) is 43.0 Å². The number of thiazole rings is 1. The van der Waals surface area contributed by atoms with E-state index in [2.05, 4.69) is 20.3 Å². The Bertz CT molecular complexity index is 798. The molecule has 1 fully saturated rings. The minimum absolute atomic E-state index is 0.112. The van der Waals surface area contributed by atoms with Gasteiger partial charge in [0.15, 0.2) is 5.13 Å². The van der Waals surface area contributed by atoms with E-state index in [1.807, 2.05) is 0 Å². The number of aromatic nitrogens is 1. The summed E-state index contributed by atoms with van der Waals surface area (Å²) in [6, 6.07) is 5.99. The molecule has 2 amide bonds. The van der Waals surface area contributed by atoms with E-state index in [0.29, 0.717) is 10.8 Å². The zero-order chi connectivity index (χ0) is 17.7. The molecule has 25 heavy (non-hydrogen) atoms. The molecule has 0 saturated heterocycles. The molecule has 0 unspecified atom stereocenters. The topological polar surface area (TPSA) is 100 Å². The van der Waals surface area contributed by atoms with Gasteiger partial charge in [0, 0.05) is 23.3 Å². The van der Waals surface area contributed by atoms with Crippen LogP contribution in [0.3, 0.4) is 0 Å². The van der Waals surface area contributed by atoms with Gasteiger partial charge in [-0.2, -0.15) is 0 Å². The molecule has 134 valence electrons. The van der Waals surface area contributed by atoms with Gasteiger partial charge in [0.05, 0.1) is 4.90 Å². The Labute approximate surface area is 150 Å². The molecule has 1 aliphatic carbocycles. The van der Waals surface area contributed by atoms with Crippen LogP contribution in [0.2, 0.25) is 0 Å². The Balaban J connectivity index is 1.58. The van der Waals surface area contributed by atoms with Crippen LogP contribution in [0.25, 0.3) is 0 Å². The summed E-state index contributed by atoms with van der Waals surface area (Å²) in [7, 11) is -3.68. The van der Waals surface area contributed by atoms with Gasteiger partial charge in [0.2, 0.25) is 0 Å². The summed E-state index contributed by atoms with van der Waals surface area (Å²) in [4.78, 5) is 16.0. The van der Waals surface area contributed by atoms with Crippen molar-refractivity contribution in [3.8, 4) is 0 Å². The summed E-state index contributed by atoms with van der Waals surface area (Å²) < 4.78 is 26.9. The molecule has 3 rings (SSSR count). The molecular formula is C16H20N4O3S2. The summed E-state index contributed by atoms with van der Waals surface area (Å²) in [6.45, 7) is 0. The summed E-state index contributed by atoms with van der Waals surface area (Å²) in [5, 5.41) is 7.70. The number of anilines is 2. The van der Waals surface area contributed by atoms with Crippen LogP contribution in [0.15, 0.2) is 40.7 Å². The van der Waals surface area contributed by atoms with E-state index in [1.54, 1.807) is 17.5 Å². The fraction of sp³-hybridized carbons (Fsp3) is 0.375. The monoisotopic (exact) mass is 380 g/mol. The number of carbonyl (C=O) groups excluding carboxylic acids is 1. The number of nitrogens with one attached hydrogen (secondary N) is 3. The Morgan fingerprint density at radius 2 is 1.84 bits per heavy atom. The molecule has 1 aliphatic rings. The largest absolute Gasteiger partial charge is 0.335 e. The fourth-order valence-corrected chi connectivity index (χ4v) is 4.55. The highest BCUT2D eigenvalue weighted by Gasteiger charge is 2.17. The predicted molar refractivity (Wildman–Crippen MR) is 98.4 cm³/mol. The molecule has 3 N–H and O–H groups in total. The molecular weight excluding hydrogens is 360 g/mol. The molecule has 2 aromatic rings. The first-order valence-electron chi connectivity index (χ1n) is 8.13. The van der Waals surface area contributed by atoms with E-state index in [1.165, 1.54) is 36.1 Å². The zero-order valence-corrected chi connectivity index (χ0v) is 15.2. The van der Waals surface area contributed by atoms with E-state index in [-0.39, 0.29) is 17.0 Å². The Hall–Kier alpha value is -2.13. The highest BCUT2D eigenvalue weighted by atomic mass is 32.2. The van der Waals surface area contributed by atoms with E-state index in [0.717, 1.165) is 25.7 Å². The van der Waals surface area contributed by atoms with Crippen molar-refractivity contribution in [3.05, 3.63) is 35.8 Å². The molecule has 1 aromatic carbocycles. The third-order valence-electron chi connectivity index (χ3n) is 4.02. The van der Waals surface area contributed by atoms with Crippen molar-refractivity contribution in [2.75, 3.05) is 10.0 Å². The van der Waals surface area contributed by atoms with Crippen LogP contribution in [0.5, 0.6) is 0 Å². The van der Waals surface area contributed by atoms with Crippen molar-refractivity contribution in [1.29, 1.82) is 0 Å². The van der Waals surface area contributed by atoms with E-state index in [9.17, 15) is 13.2 Å². The van der Waals surface area contributed by atoms with Crippen LogP contribution in [-0.2, 0) is 10.0 Å². The number of hydrogen-bond acceptors (Lipinski definition) is 5. The third kappa shape index (κ3) is 4.93. The molecule has 7 nitrogen and oxygen atoms in total. The van der Waals surface area contributed by atoms with Gasteiger partial charge < -0.3 is 10.6 Å². The lowest BCUT2D eigenvalue weighted by Crippen LogP contribution is -2.39.